The van der Waals surface area contributed by atoms with E-state index in [-0.39, 0.29) is 18.5 Å². The molecular weight excluding hydrogens is 522 g/mol. The van der Waals surface area contributed by atoms with Gasteiger partial charge in [-0.25, -0.2) is 0 Å². The number of hydrogen-bond acceptors (Lipinski definition) is 5. The van der Waals surface area contributed by atoms with E-state index in [0.717, 1.165) is 48.3 Å². The van der Waals surface area contributed by atoms with Crippen molar-refractivity contribution >= 4 is 5.71 Å². The number of allylic oxidation sites excluding steroid dienone is 1. The minimum atomic E-state index is -0.187. The lowest BCUT2D eigenvalue weighted by Crippen LogP contribution is -2.51. The molecule has 230 valence electrons. The van der Waals surface area contributed by atoms with E-state index >= 15 is 0 Å². The largest absolute Gasteiger partial charge is 0.497 e. The standard InChI is InChI=1S/C37H53NO4/c1-7-34-24(2)8-17-35(42-34)41-29-18-20-36(4)27(22-29)11-14-30-32-16-15-31(37(32,5)21-19-33(30)36)25(3)38-40-23-26-9-12-28(39-6)13-10-26/h8-13,17,24,29-35H,7,14-16,18-23H2,1-6H3/b38-25+/t24-,29?,30?,31+,32?,33?,34+,35?,36-,37+/m0/s1. The molecule has 0 saturated heterocycles. The Morgan fingerprint density at radius 3 is 2.60 bits per heavy atom. The van der Waals surface area contributed by atoms with Crippen LogP contribution in [0.3, 0.4) is 0 Å². The first-order valence-corrected chi connectivity index (χ1v) is 16.7. The third-order valence-corrected chi connectivity index (χ3v) is 12.4. The Bertz CT molecular complexity index is 1190. The van der Waals surface area contributed by atoms with E-state index in [1.165, 1.54) is 44.2 Å². The Morgan fingerprint density at radius 1 is 1.02 bits per heavy atom. The third-order valence-electron chi connectivity index (χ3n) is 12.4. The SMILES string of the molecule is CC[C@H]1OC(OC2CC[C@@]3(C)C(=CCC4C3CC[C@@]3(C)C4CC[C@@H]3/C(C)=N/OCc3ccc(OC)cc3)C2)C=C[C@@H]1C. The summed E-state index contributed by atoms with van der Waals surface area (Å²) in [7, 11) is 1.69. The molecule has 0 radical (unpaired) electrons. The van der Waals surface area contributed by atoms with E-state index in [2.05, 4.69) is 58.0 Å². The zero-order valence-corrected chi connectivity index (χ0v) is 26.8. The lowest BCUT2D eigenvalue weighted by atomic mass is 9.47. The van der Waals surface area contributed by atoms with Gasteiger partial charge < -0.3 is 19.0 Å². The molecule has 3 fully saturated rings. The highest BCUT2D eigenvalue weighted by Gasteiger charge is 2.59. The summed E-state index contributed by atoms with van der Waals surface area (Å²) in [5, 5.41) is 4.68. The van der Waals surface area contributed by atoms with E-state index in [9.17, 15) is 0 Å². The predicted molar refractivity (Wildman–Crippen MR) is 168 cm³/mol. The van der Waals surface area contributed by atoms with Crippen molar-refractivity contribution in [1.82, 2.24) is 0 Å². The average Bonchev–Trinajstić information content (AvgIpc) is 3.36. The van der Waals surface area contributed by atoms with Gasteiger partial charge in [0.2, 0.25) is 0 Å². The van der Waals surface area contributed by atoms with Gasteiger partial charge in [-0.05, 0) is 117 Å². The second kappa shape index (κ2) is 12.1. The van der Waals surface area contributed by atoms with Gasteiger partial charge in [-0.3, -0.25) is 0 Å². The number of ether oxygens (including phenoxy) is 3. The minimum absolute atomic E-state index is 0.187. The second-order valence-electron chi connectivity index (χ2n) is 14.5. The lowest BCUT2D eigenvalue weighted by Gasteiger charge is -2.58. The van der Waals surface area contributed by atoms with Crippen molar-refractivity contribution in [3.63, 3.8) is 0 Å². The summed E-state index contributed by atoms with van der Waals surface area (Å²) >= 11 is 0. The maximum Gasteiger partial charge on any atom is 0.177 e. The van der Waals surface area contributed by atoms with Crippen molar-refractivity contribution in [2.75, 3.05) is 7.11 Å². The zero-order valence-electron chi connectivity index (χ0n) is 26.8. The van der Waals surface area contributed by atoms with E-state index in [0.29, 0.717) is 29.3 Å². The van der Waals surface area contributed by atoms with Crippen molar-refractivity contribution in [3.8, 4) is 5.75 Å². The van der Waals surface area contributed by atoms with E-state index in [1.54, 1.807) is 12.7 Å². The molecule has 1 aliphatic heterocycles. The van der Waals surface area contributed by atoms with Crippen LogP contribution >= 0.6 is 0 Å². The molecule has 0 bridgehead atoms. The summed E-state index contributed by atoms with van der Waals surface area (Å²) in [6.07, 6.45) is 18.3. The summed E-state index contributed by atoms with van der Waals surface area (Å²) in [6.45, 7) is 12.3. The number of benzene rings is 1. The molecule has 0 N–H and O–H groups in total. The van der Waals surface area contributed by atoms with Gasteiger partial charge in [-0.2, -0.15) is 0 Å². The van der Waals surface area contributed by atoms with Crippen LogP contribution in [0, 0.1) is 40.4 Å². The van der Waals surface area contributed by atoms with Gasteiger partial charge in [0.1, 0.15) is 12.4 Å². The molecule has 1 aromatic carbocycles. The smallest absolute Gasteiger partial charge is 0.177 e. The maximum absolute atomic E-state index is 6.56. The molecule has 42 heavy (non-hydrogen) atoms. The van der Waals surface area contributed by atoms with Crippen LogP contribution < -0.4 is 4.74 Å². The van der Waals surface area contributed by atoms with Gasteiger partial charge in [0, 0.05) is 11.8 Å². The molecule has 4 aliphatic carbocycles. The van der Waals surface area contributed by atoms with Crippen LogP contribution in [0.25, 0.3) is 0 Å². The number of rotatable bonds is 8. The molecule has 6 rings (SSSR count). The number of methoxy groups -OCH3 is 1. The van der Waals surface area contributed by atoms with Crippen molar-refractivity contribution in [1.29, 1.82) is 0 Å². The predicted octanol–water partition coefficient (Wildman–Crippen LogP) is 8.88. The van der Waals surface area contributed by atoms with Gasteiger partial charge in [-0.1, -0.05) is 62.7 Å². The van der Waals surface area contributed by atoms with Crippen molar-refractivity contribution in [2.24, 2.45) is 45.6 Å². The summed E-state index contributed by atoms with van der Waals surface area (Å²) in [4.78, 5) is 5.88. The molecule has 1 aromatic rings. The van der Waals surface area contributed by atoms with Crippen molar-refractivity contribution in [3.05, 3.63) is 53.6 Å². The van der Waals surface area contributed by atoms with Crippen LogP contribution in [0.4, 0.5) is 0 Å². The van der Waals surface area contributed by atoms with E-state index in [1.807, 2.05) is 24.3 Å². The highest BCUT2D eigenvalue weighted by atomic mass is 16.7. The Kier molecular flexibility index (Phi) is 8.64. The van der Waals surface area contributed by atoms with E-state index < -0.39 is 0 Å². The molecule has 1 heterocycles. The summed E-state index contributed by atoms with van der Waals surface area (Å²) in [5.74, 6) is 4.19. The quantitative estimate of drug-likeness (QED) is 0.176. The third kappa shape index (κ3) is 5.49. The first kappa shape index (κ1) is 29.9. The highest BCUT2D eigenvalue weighted by Crippen LogP contribution is 2.66. The number of oxime groups is 1. The Labute approximate surface area is 254 Å². The Balaban J connectivity index is 1.09. The maximum atomic E-state index is 6.56. The highest BCUT2D eigenvalue weighted by molar-refractivity contribution is 5.85. The van der Waals surface area contributed by atoms with Gasteiger partial charge in [-0.15, -0.1) is 0 Å². The van der Waals surface area contributed by atoms with Crippen LogP contribution in [0.5, 0.6) is 5.75 Å². The monoisotopic (exact) mass is 575 g/mol. The minimum Gasteiger partial charge on any atom is -0.497 e. The molecule has 0 aromatic heterocycles. The summed E-state index contributed by atoms with van der Waals surface area (Å²) in [6, 6.07) is 8.05. The zero-order chi connectivity index (χ0) is 29.5. The van der Waals surface area contributed by atoms with Crippen LogP contribution in [-0.4, -0.2) is 31.3 Å². The fraction of sp³-hybridized carbons (Fsp3) is 0.703. The number of nitrogens with zero attached hydrogens (tertiary/aromatic N) is 1. The molecule has 0 spiro atoms. The first-order chi connectivity index (χ1) is 20.2. The van der Waals surface area contributed by atoms with Crippen LogP contribution in [0.15, 0.2) is 53.2 Å². The van der Waals surface area contributed by atoms with Crippen molar-refractivity contribution in [2.45, 2.75) is 118 Å². The van der Waals surface area contributed by atoms with E-state index in [4.69, 9.17) is 19.0 Å². The normalized spacial score (nSPS) is 41.4. The number of fused-ring (bicyclic) bond motifs is 5. The number of hydrogen-bond donors (Lipinski definition) is 0. The second-order valence-corrected chi connectivity index (χ2v) is 14.5. The van der Waals surface area contributed by atoms with Gasteiger partial charge in [0.15, 0.2) is 6.29 Å². The fourth-order valence-corrected chi connectivity index (χ4v) is 9.89. The fourth-order valence-electron chi connectivity index (χ4n) is 9.89. The molecule has 3 saturated carbocycles. The molecule has 5 heteroatoms. The van der Waals surface area contributed by atoms with Crippen LogP contribution in [0.2, 0.25) is 0 Å². The molecule has 5 unspecified atom stereocenters. The van der Waals surface area contributed by atoms with Crippen LogP contribution in [-0.2, 0) is 20.9 Å². The average molecular weight is 576 g/mol. The molecule has 5 nitrogen and oxygen atoms in total. The Morgan fingerprint density at radius 2 is 1.83 bits per heavy atom. The Hall–Kier alpha value is -2.11. The molecule has 5 aliphatic rings. The lowest BCUT2D eigenvalue weighted by molar-refractivity contribution is -0.188. The first-order valence-electron chi connectivity index (χ1n) is 16.7. The topological polar surface area (TPSA) is 49.3 Å². The molecular formula is C37H53NO4. The summed E-state index contributed by atoms with van der Waals surface area (Å²) in [5.41, 5.74) is 4.60. The summed E-state index contributed by atoms with van der Waals surface area (Å²) < 4.78 is 18.1. The molecule has 10 atom stereocenters. The molecule has 0 amide bonds. The van der Waals surface area contributed by atoms with Crippen molar-refractivity contribution < 1.29 is 19.0 Å². The van der Waals surface area contributed by atoms with Gasteiger partial charge in [0.25, 0.3) is 0 Å². The van der Waals surface area contributed by atoms with Gasteiger partial charge >= 0.3 is 0 Å². The van der Waals surface area contributed by atoms with Crippen LogP contribution in [0.1, 0.15) is 98.0 Å². The van der Waals surface area contributed by atoms with Gasteiger partial charge in [0.05, 0.1) is 25.0 Å².